The van der Waals surface area contributed by atoms with Crippen LogP contribution in [0.25, 0.3) is 0 Å². The number of carbonyl (C=O) groups excluding carboxylic acids is 1. The molecule has 0 bridgehead atoms. The molecule has 1 saturated heterocycles. The van der Waals surface area contributed by atoms with Crippen LogP contribution < -0.4 is 16.0 Å². The third-order valence-electron chi connectivity index (χ3n) is 5.50. The van der Waals surface area contributed by atoms with E-state index in [2.05, 4.69) is 34.7 Å². The predicted octanol–water partition coefficient (Wildman–Crippen LogP) is 3.08. The van der Waals surface area contributed by atoms with Gasteiger partial charge in [-0.2, -0.15) is 0 Å². The standard InChI is InChI=1S/C23H38N6O3.HI/c1-3-14-25-22(30)18-28-16-12-20(13-17-28)27-23(24-4-2)26-15-6-5-7-19-8-10-21(11-9-19)29(31)32;/h8-11,20H,3-7,12-18H2,1-2H3,(H,25,30)(H2,24,26,27);1H. The molecule has 2 rings (SSSR count). The summed E-state index contributed by atoms with van der Waals surface area (Å²) in [5.41, 5.74) is 1.24. The predicted molar refractivity (Wildman–Crippen MR) is 143 cm³/mol. The van der Waals surface area contributed by atoms with Crippen LogP contribution in [0.3, 0.4) is 0 Å². The average Bonchev–Trinajstić information content (AvgIpc) is 2.79. The van der Waals surface area contributed by atoms with Crippen molar-refractivity contribution in [2.24, 2.45) is 4.99 Å². The van der Waals surface area contributed by atoms with Gasteiger partial charge in [0.25, 0.3) is 5.69 Å². The number of rotatable bonds is 12. The number of guanidine groups is 1. The van der Waals surface area contributed by atoms with Crippen LogP contribution in [-0.4, -0.2) is 67.0 Å². The van der Waals surface area contributed by atoms with E-state index >= 15 is 0 Å². The van der Waals surface area contributed by atoms with Gasteiger partial charge in [-0.15, -0.1) is 24.0 Å². The second-order valence-corrected chi connectivity index (χ2v) is 8.19. The largest absolute Gasteiger partial charge is 0.357 e. The summed E-state index contributed by atoms with van der Waals surface area (Å²) in [5, 5.41) is 20.5. The number of hydrogen-bond acceptors (Lipinski definition) is 5. The molecule has 0 spiro atoms. The minimum Gasteiger partial charge on any atom is -0.357 e. The van der Waals surface area contributed by atoms with E-state index in [0.29, 0.717) is 12.6 Å². The number of benzene rings is 1. The number of unbranched alkanes of at least 4 members (excludes halogenated alkanes) is 1. The molecular formula is C23H39IN6O3. The van der Waals surface area contributed by atoms with E-state index in [-0.39, 0.29) is 40.5 Å². The topological polar surface area (TPSA) is 112 Å². The molecule has 1 aliphatic heterocycles. The van der Waals surface area contributed by atoms with E-state index < -0.39 is 0 Å². The fourth-order valence-corrected chi connectivity index (χ4v) is 3.69. The van der Waals surface area contributed by atoms with Crippen molar-refractivity contribution in [1.29, 1.82) is 0 Å². The molecule has 1 heterocycles. The zero-order valence-electron chi connectivity index (χ0n) is 19.8. The summed E-state index contributed by atoms with van der Waals surface area (Å²) < 4.78 is 0. The molecule has 1 aliphatic rings. The van der Waals surface area contributed by atoms with Crippen LogP contribution >= 0.6 is 24.0 Å². The minimum absolute atomic E-state index is 0. The van der Waals surface area contributed by atoms with Crippen LogP contribution in [0.5, 0.6) is 0 Å². The zero-order chi connectivity index (χ0) is 23.2. The fourth-order valence-electron chi connectivity index (χ4n) is 3.69. The lowest BCUT2D eigenvalue weighted by atomic mass is 10.1. The zero-order valence-corrected chi connectivity index (χ0v) is 22.2. The lowest BCUT2D eigenvalue weighted by Gasteiger charge is -2.32. The molecule has 1 aromatic rings. The Morgan fingerprint density at radius 1 is 1.15 bits per heavy atom. The summed E-state index contributed by atoms with van der Waals surface area (Å²) in [4.78, 5) is 29.2. The first kappa shape index (κ1) is 29.1. The van der Waals surface area contributed by atoms with Gasteiger partial charge in [0.1, 0.15) is 0 Å². The Bertz CT molecular complexity index is 736. The molecule has 9 nitrogen and oxygen atoms in total. The van der Waals surface area contributed by atoms with Crippen molar-refractivity contribution in [2.45, 2.75) is 58.4 Å². The van der Waals surface area contributed by atoms with Crippen molar-refractivity contribution in [3.63, 3.8) is 0 Å². The molecule has 1 fully saturated rings. The van der Waals surface area contributed by atoms with Gasteiger partial charge in [-0.05, 0) is 51.0 Å². The summed E-state index contributed by atoms with van der Waals surface area (Å²) in [6, 6.07) is 7.13. The van der Waals surface area contributed by atoms with E-state index in [1.807, 2.05) is 12.1 Å². The Morgan fingerprint density at radius 2 is 1.85 bits per heavy atom. The monoisotopic (exact) mass is 574 g/mol. The Kier molecular flexibility index (Phi) is 14.7. The molecule has 3 N–H and O–H groups in total. The number of nitro benzene ring substituents is 1. The molecule has 0 atom stereocenters. The molecule has 0 saturated carbocycles. The summed E-state index contributed by atoms with van der Waals surface area (Å²) in [6.45, 7) is 8.70. The number of aryl methyl sites for hydroxylation is 1. The second kappa shape index (κ2) is 16.6. The average molecular weight is 575 g/mol. The number of carbonyl (C=O) groups is 1. The first-order chi connectivity index (χ1) is 15.5. The van der Waals surface area contributed by atoms with Gasteiger partial charge in [0.15, 0.2) is 5.96 Å². The van der Waals surface area contributed by atoms with E-state index in [9.17, 15) is 14.9 Å². The third-order valence-corrected chi connectivity index (χ3v) is 5.50. The van der Waals surface area contributed by atoms with Gasteiger partial charge in [0.05, 0.1) is 11.5 Å². The molecule has 10 heteroatoms. The quantitative estimate of drug-likeness (QED) is 0.0884. The highest BCUT2D eigenvalue weighted by molar-refractivity contribution is 14.0. The Morgan fingerprint density at radius 3 is 2.45 bits per heavy atom. The van der Waals surface area contributed by atoms with Crippen LogP contribution in [-0.2, 0) is 11.2 Å². The lowest BCUT2D eigenvalue weighted by molar-refractivity contribution is -0.384. The van der Waals surface area contributed by atoms with Gasteiger partial charge in [-0.1, -0.05) is 19.1 Å². The van der Waals surface area contributed by atoms with Crippen molar-refractivity contribution in [3.8, 4) is 0 Å². The first-order valence-corrected chi connectivity index (χ1v) is 11.8. The third kappa shape index (κ3) is 11.6. The summed E-state index contributed by atoms with van der Waals surface area (Å²) in [7, 11) is 0. The lowest BCUT2D eigenvalue weighted by Crippen LogP contribution is -2.50. The highest BCUT2D eigenvalue weighted by Gasteiger charge is 2.21. The van der Waals surface area contributed by atoms with Crippen LogP contribution in [0.1, 0.15) is 51.5 Å². The smallest absolute Gasteiger partial charge is 0.269 e. The molecule has 186 valence electrons. The van der Waals surface area contributed by atoms with E-state index in [4.69, 9.17) is 4.99 Å². The normalized spacial score (nSPS) is 14.9. The molecule has 0 unspecified atom stereocenters. The van der Waals surface area contributed by atoms with Gasteiger partial charge < -0.3 is 16.0 Å². The van der Waals surface area contributed by atoms with Crippen LogP contribution in [0.2, 0.25) is 0 Å². The van der Waals surface area contributed by atoms with Crippen molar-refractivity contribution in [3.05, 3.63) is 39.9 Å². The number of amides is 1. The molecule has 0 radical (unpaired) electrons. The number of nitrogens with zero attached hydrogens (tertiary/aromatic N) is 3. The van der Waals surface area contributed by atoms with E-state index in [1.165, 1.54) is 0 Å². The SMILES string of the molecule is CCCNC(=O)CN1CCC(NC(=NCCCCc2ccc([N+](=O)[O-])cc2)NCC)CC1.I. The summed E-state index contributed by atoms with van der Waals surface area (Å²) in [6.07, 6.45) is 5.78. The summed E-state index contributed by atoms with van der Waals surface area (Å²) >= 11 is 0. The van der Waals surface area contributed by atoms with Crippen molar-refractivity contribution in [2.75, 3.05) is 39.3 Å². The van der Waals surface area contributed by atoms with Gasteiger partial charge in [0.2, 0.25) is 5.91 Å². The highest BCUT2D eigenvalue weighted by Crippen LogP contribution is 2.14. The first-order valence-electron chi connectivity index (χ1n) is 11.8. The molecule has 0 aromatic heterocycles. The number of non-ortho nitro benzene ring substituents is 1. The van der Waals surface area contributed by atoms with Gasteiger partial charge in [0, 0.05) is 50.9 Å². The molecule has 1 amide bonds. The number of hydrogen-bond donors (Lipinski definition) is 3. The summed E-state index contributed by atoms with van der Waals surface area (Å²) in [5.74, 6) is 0.962. The van der Waals surface area contributed by atoms with Crippen LogP contribution in [0, 0.1) is 10.1 Å². The maximum atomic E-state index is 11.9. The Balaban J connectivity index is 0.00000544. The number of piperidine rings is 1. The highest BCUT2D eigenvalue weighted by atomic mass is 127. The number of aliphatic imine (C=N–C) groups is 1. The van der Waals surface area contributed by atoms with Gasteiger partial charge >= 0.3 is 0 Å². The molecular weight excluding hydrogens is 535 g/mol. The molecule has 1 aromatic carbocycles. The Labute approximate surface area is 214 Å². The van der Waals surface area contributed by atoms with E-state index in [1.54, 1.807) is 12.1 Å². The second-order valence-electron chi connectivity index (χ2n) is 8.19. The van der Waals surface area contributed by atoms with Crippen molar-refractivity contribution in [1.82, 2.24) is 20.9 Å². The van der Waals surface area contributed by atoms with Crippen molar-refractivity contribution < 1.29 is 9.72 Å². The molecule has 33 heavy (non-hydrogen) atoms. The van der Waals surface area contributed by atoms with Gasteiger partial charge in [-0.3, -0.25) is 24.8 Å². The molecule has 0 aliphatic carbocycles. The fraction of sp³-hybridized carbons (Fsp3) is 0.652. The van der Waals surface area contributed by atoms with Crippen LogP contribution in [0.4, 0.5) is 5.69 Å². The number of nitro groups is 1. The maximum absolute atomic E-state index is 11.9. The number of nitrogens with one attached hydrogen (secondary N) is 3. The van der Waals surface area contributed by atoms with E-state index in [0.717, 1.165) is 82.8 Å². The minimum atomic E-state index is -0.373. The van der Waals surface area contributed by atoms with Crippen LogP contribution in [0.15, 0.2) is 29.3 Å². The van der Waals surface area contributed by atoms with Gasteiger partial charge in [-0.25, -0.2) is 0 Å². The van der Waals surface area contributed by atoms with Crippen molar-refractivity contribution >= 4 is 41.5 Å². The number of likely N-dealkylation sites (tertiary alicyclic amines) is 1. The Hall–Kier alpha value is -1.95. The maximum Gasteiger partial charge on any atom is 0.269 e. The number of halogens is 1.